The van der Waals surface area contributed by atoms with E-state index in [1.807, 2.05) is 31.2 Å². The molecule has 0 spiro atoms. The molecule has 132 valence electrons. The molecule has 2 rings (SSSR count). The largest absolute Gasteiger partial charge is 0.481 e. The van der Waals surface area contributed by atoms with Crippen molar-refractivity contribution in [3.8, 4) is 5.88 Å². The van der Waals surface area contributed by atoms with Gasteiger partial charge in [-0.1, -0.05) is 17.7 Å². The maximum absolute atomic E-state index is 11.8. The highest BCUT2D eigenvalue weighted by molar-refractivity contribution is 7.99. The lowest BCUT2D eigenvalue weighted by Gasteiger charge is -2.07. The fourth-order valence-electron chi connectivity index (χ4n) is 1.88. The minimum absolute atomic E-state index is 0.267. The molecule has 1 aromatic heterocycles. The quantitative estimate of drug-likeness (QED) is 0.443. The van der Waals surface area contributed by atoms with Crippen LogP contribution >= 0.6 is 11.8 Å². The van der Waals surface area contributed by atoms with Gasteiger partial charge in [0.15, 0.2) is 6.61 Å². The second-order valence-corrected chi connectivity index (χ2v) is 6.35. The first kappa shape index (κ1) is 18.8. The fraction of sp³-hybridized carbons (Fsp3) is 0.278. The van der Waals surface area contributed by atoms with Crippen molar-refractivity contribution in [3.05, 3.63) is 53.7 Å². The summed E-state index contributed by atoms with van der Waals surface area (Å²) < 4.78 is 9.86. The number of hydrogen-bond acceptors (Lipinski definition) is 6. The summed E-state index contributed by atoms with van der Waals surface area (Å²) in [6, 6.07) is 11.3. The van der Waals surface area contributed by atoms with E-state index in [9.17, 15) is 9.59 Å². The molecule has 0 aliphatic rings. The van der Waals surface area contributed by atoms with Crippen molar-refractivity contribution in [2.45, 2.75) is 11.8 Å². The van der Waals surface area contributed by atoms with Crippen molar-refractivity contribution in [1.29, 1.82) is 0 Å². The fourth-order valence-corrected chi connectivity index (χ4v) is 2.65. The Morgan fingerprint density at radius 2 is 1.92 bits per heavy atom. The van der Waals surface area contributed by atoms with Gasteiger partial charge in [0.25, 0.3) is 5.91 Å². The molecule has 1 amide bonds. The molecule has 0 bridgehead atoms. The number of nitrogens with one attached hydrogen (secondary N) is 1. The number of ether oxygens (including phenoxy) is 2. The number of benzene rings is 1. The SMILES string of the molecule is COc1ccc(C(=O)OCC(=O)NCCSc2ccc(C)cc2)cn1. The number of amides is 1. The van der Waals surface area contributed by atoms with Gasteiger partial charge in [0.1, 0.15) is 0 Å². The third-order valence-electron chi connectivity index (χ3n) is 3.23. The van der Waals surface area contributed by atoms with Gasteiger partial charge in [0.05, 0.1) is 12.7 Å². The van der Waals surface area contributed by atoms with Crippen molar-refractivity contribution >= 4 is 23.6 Å². The highest BCUT2D eigenvalue weighted by Crippen LogP contribution is 2.17. The first-order chi connectivity index (χ1) is 12.1. The smallest absolute Gasteiger partial charge is 0.340 e. The lowest BCUT2D eigenvalue weighted by atomic mass is 10.2. The Bertz CT molecular complexity index is 702. The van der Waals surface area contributed by atoms with E-state index in [0.29, 0.717) is 12.4 Å². The summed E-state index contributed by atoms with van der Waals surface area (Å²) >= 11 is 1.65. The van der Waals surface area contributed by atoms with E-state index < -0.39 is 5.97 Å². The molecule has 1 aromatic carbocycles. The monoisotopic (exact) mass is 360 g/mol. The predicted octanol–water partition coefficient (Wildman–Crippen LogP) is 2.46. The summed E-state index contributed by atoms with van der Waals surface area (Å²) in [5.74, 6) is 0.213. The highest BCUT2D eigenvalue weighted by atomic mass is 32.2. The molecule has 0 atom stereocenters. The van der Waals surface area contributed by atoms with Crippen molar-refractivity contribution in [2.24, 2.45) is 0 Å². The van der Waals surface area contributed by atoms with Gasteiger partial charge in [0.2, 0.25) is 5.88 Å². The number of carbonyl (C=O) groups is 2. The van der Waals surface area contributed by atoms with Crippen LogP contribution in [0.4, 0.5) is 0 Å². The van der Waals surface area contributed by atoms with Gasteiger partial charge in [-0.3, -0.25) is 4.79 Å². The number of thioether (sulfide) groups is 1. The summed E-state index contributed by atoms with van der Waals surface area (Å²) in [5.41, 5.74) is 1.48. The number of aryl methyl sites for hydroxylation is 1. The van der Waals surface area contributed by atoms with Gasteiger partial charge in [-0.25, -0.2) is 9.78 Å². The third kappa shape index (κ3) is 6.46. The Labute approximate surface area is 150 Å². The van der Waals surface area contributed by atoms with Crippen molar-refractivity contribution in [2.75, 3.05) is 26.0 Å². The lowest BCUT2D eigenvalue weighted by Crippen LogP contribution is -2.30. The van der Waals surface area contributed by atoms with Crippen molar-refractivity contribution in [1.82, 2.24) is 10.3 Å². The molecular formula is C18H20N2O4S. The maximum atomic E-state index is 11.8. The average Bonchev–Trinajstić information content (AvgIpc) is 2.64. The van der Waals surface area contributed by atoms with Crippen LogP contribution in [0.25, 0.3) is 0 Å². The molecule has 6 nitrogen and oxygen atoms in total. The van der Waals surface area contributed by atoms with Crippen LogP contribution in [0, 0.1) is 6.92 Å². The van der Waals surface area contributed by atoms with E-state index in [1.54, 1.807) is 17.8 Å². The number of rotatable bonds is 8. The Hall–Kier alpha value is -2.54. The van der Waals surface area contributed by atoms with E-state index in [4.69, 9.17) is 9.47 Å². The number of methoxy groups -OCH3 is 1. The van der Waals surface area contributed by atoms with Crippen LogP contribution < -0.4 is 10.1 Å². The molecule has 1 N–H and O–H groups in total. The van der Waals surface area contributed by atoms with Crippen molar-refractivity contribution in [3.63, 3.8) is 0 Å². The van der Waals surface area contributed by atoms with Crippen molar-refractivity contribution < 1.29 is 19.1 Å². The number of nitrogens with zero attached hydrogens (tertiary/aromatic N) is 1. The number of pyridine rings is 1. The second-order valence-electron chi connectivity index (χ2n) is 5.18. The maximum Gasteiger partial charge on any atom is 0.340 e. The number of esters is 1. The molecule has 0 radical (unpaired) electrons. The average molecular weight is 360 g/mol. The summed E-state index contributed by atoms with van der Waals surface area (Å²) in [4.78, 5) is 28.6. The van der Waals surface area contributed by atoms with Crippen LogP contribution in [0.5, 0.6) is 5.88 Å². The molecule has 1 heterocycles. The zero-order chi connectivity index (χ0) is 18.1. The van der Waals surface area contributed by atoms with Crippen LogP contribution in [0.3, 0.4) is 0 Å². The molecule has 0 unspecified atom stereocenters. The zero-order valence-electron chi connectivity index (χ0n) is 14.2. The summed E-state index contributed by atoms with van der Waals surface area (Å²) in [6.45, 7) is 2.22. The lowest BCUT2D eigenvalue weighted by molar-refractivity contribution is -0.124. The van der Waals surface area contributed by atoms with E-state index in [0.717, 1.165) is 10.6 Å². The molecule has 0 fully saturated rings. The molecular weight excluding hydrogens is 340 g/mol. The molecule has 0 aliphatic heterocycles. The second kappa shape index (κ2) is 9.68. The molecule has 0 saturated heterocycles. The van der Waals surface area contributed by atoms with E-state index in [1.165, 1.54) is 24.9 Å². The van der Waals surface area contributed by atoms with Gasteiger partial charge < -0.3 is 14.8 Å². The summed E-state index contributed by atoms with van der Waals surface area (Å²) in [6.07, 6.45) is 1.34. The van der Waals surface area contributed by atoms with Crippen LogP contribution in [0.1, 0.15) is 15.9 Å². The van der Waals surface area contributed by atoms with Gasteiger partial charge in [-0.2, -0.15) is 0 Å². The standard InChI is InChI=1S/C18H20N2O4S/c1-13-3-6-15(7-4-13)25-10-9-19-16(21)12-24-18(22)14-5-8-17(23-2)20-11-14/h3-8,11H,9-10,12H2,1-2H3,(H,19,21). The molecule has 0 aliphatic carbocycles. The third-order valence-corrected chi connectivity index (χ3v) is 4.24. The normalized spacial score (nSPS) is 10.2. The van der Waals surface area contributed by atoms with E-state index in [-0.39, 0.29) is 18.1 Å². The number of hydrogen-bond donors (Lipinski definition) is 1. The molecule has 7 heteroatoms. The van der Waals surface area contributed by atoms with Gasteiger partial charge in [-0.15, -0.1) is 11.8 Å². The van der Waals surface area contributed by atoms with Crippen LogP contribution in [0.15, 0.2) is 47.5 Å². The minimum atomic E-state index is -0.598. The molecule has 0 saturated carbocycles. The Morgan fingerprint density at radius 1 is 1.16 bits per heavy atom. The molecule has 2 aromatic rings. The first-order valence-electron chi connectivity index (χ1n) is 7.72. The topological polar surface area (TPSA) is 77.5 Å². The van der Waals surface area contributed by atoms with Gasteiger partial charge >= 0.3 is 5.97 Å². The van der Waals surface area contributed by atoms with Crippen LogP contribution in [-0.2, 0) is 9.53 Å². The number of aromatic nitrogens is 1. The first-order valence-corrected chi connectivity index (χ1v) is 8.70. The van der Waals surface area contributed by atoms with E-state index in [2.05, 4.69) is 10.3 Å². The highest BCUT2D eigenvalue weighted by Gasteiger charge is 2.10. The summed E-state index contributed by atoms with van der Waals surface area (Å²) in [7, 11) is 1.49. The predicted molar refractivity (Wildman–Crippen MR) is 96.0 cm³/mol. The molecule has 25 heavy (non-hydrogen) atoms. The van der Waals surface area contributed by atoms with Crippen LogP contribution in [0.2, 0.25) is 0 Å². The van der Waals surface area contributed by atoms with Crippen LogP contribution in [-0.4, -0.2) is 42.9 Å². The minimum Gasteiger partial charge on any atom is -0.481 e. The Morgan fingerprint density at radius 3 is 2.56 bits per heavy atom. The van der Waals surface area contributed by atoms with Gasteiger partial charge in [0, 0.05) is 29.5 Å². The number of carbonyl (C=O) groups excluding carboxylic acids is 2. The Kier molecular flexibility index (Phi) is 7.28. The van der Waals surface area contributed by atoms with E-state index >= 15 is 0 Å². The Balaban J connectivity index is 1.64. The summed E-state index contributed by atoms with van der Waals surface area (Å²) in [5, 5.41) is 2.72. The zero-order valence-corrected chi connectivity index (χ0v) is 15.0. The van der Waals surface area contributed by atoms with Gasteiger partial charge in [-0.05, 0) is 25.1 Å².